The molecule has 0 bridgehead atoms. The van der Waals surface area contributed by atoms with E-state index in [2.05, 4.69) is 27.5 Å². The Balaban J connectivity index is 1.70. The lowest BCUT2D eigenvalue weighted by Gasteiger charge is -2.12. The summed E-state index contributed by atoms with van der Waals surface area (Å²) in [5.41, 5.74) is 3.75. The maximum absolute atomic E-state index is 12.7. The number of amides is 1. The second kappa shape index (κ2) is 8.49. The molecule has 0 aliphatic rings. The number of pyridine rings is 1. The molecule has 0 spiro atoms. The first-order chi connectivity index (χ1) is 13.1. The van der Waals surface area contributed by atoms with E-state index in [0.717, 1.165) is 29.1 Å². The van der Waals surface area contributed by atoms with Crippen LogP contribution in [0.1, 0.15) is 34.1 Å². The zero-order valence-electron chi connectivity index (χ0n) is 16.0. The van der Waals surface area contributed by atoms with Gasteiger partial charge < -0.3 is 10.2 Å². The highest BCUT2D eigenvalue weighted by molar-refractivity contribution is 5.95. The largest absolute Gasteiger partial charge is 0.363 e. The van der Waals surface area contributed by atoms with Crippen molar-refractivity contribution in [2.45, 2.75) is 26.4 Å². The van der Waals surface area contributed by atoms with Crippen molar-refractivity contribution in [1.82, 2.24) is 20.1 Å². The molecule has 2 aromatic heterocycles. The van der Waals surface area contributed by atoms with E-state index in [9.17, 15) is 4.79 Å². The molecule has 6 heteroatoms. The van der Waals surface area contributed by atoms with E-state index in [1.165, 1.54) is 0 Å². The van der Waals surface area contributed by atoms with Crippen LogP contribution in [0, 0.1) is 0 Å². The molecule has 1 N–H and O–H groups in total. The lowest BCUT2D eigenvalue weighted by molar-refractivity contribution is 0.0950. The third-order valence-corrected chi connectivity index (χ3v) is 4.42. The summed E-state index contributed by atoms with van der Waals surface area (Å²) >= 11 is 0. The Labute approximate surface area is 159 Å². The highest BCUT2D eigenvalue weighted by Gasteiger charge is 2.16. The molecule has 0 aliphatic heterocycles. The maximum Gasteiger partial charge on any atom is 0.255 e. The molecule has 2 heterocycles. The Morgan fingerprint density at radius 2 is 1.93 bits per heavy atom. The summed E-state index contributed by atoms with van der Waals surface area (Å²) in [5.74, 6) is 0.765. The minimum absolute atomic E-state index is 0.102. The first kappa shape index (κ1) is 18.6. The second-order valence-electron chi connectivity index (χ2n) is 6.60. The molecule has 0 radical (unpaired) electrons. The van der Waals surface area contributed by atoms with Crippen LogP contribution in [0.3, 0.4) is 0 Å². The van der Waals surface area contributed by atoms with Crippen molar-refractivity contribution in [1.29, 1.82) is 0 Å². The number of anilines is 1. The summed E-state index contributed by atoms with van der Waals surface area (Å²) in [6.45, 7) is 3.16. The van der Waals surface area contributed by atoms with Crippen LogP contribution in [-0.2, 0) is 19.5 Å². The van der Waals surface area contributed by atoms with Gasteiger partial charge in [0.25, 0.3) is 5.91 Å². The Morgan fingerprint density at radius 1 is 1.15 bits per heavy atom. The molecule has 1 aromatic carbocycles. The van der Waals surface area contributed by atoms with Crippen LogP contribution in [-0.4, -0.2) is 34.8 Å². The van der Waals surface area contributed by atoms with Gasteiger partial charge in [0.15, 0.2) is 0 Å². The number of aromatic nitrogens is 3. The van der Waals surface area contributed by atoms with E-state index in [1.807, 2.05) is 60.9 Å². The molecule has 0 saturated carbocycles. The fourth-order valence-electron chi connectivity index (χ4n) is 2.96. The predicted octanol–water partition coefficient (Wildman–Crippen LogP) is 2.88. The van der Waals surface area contributed by atoms with Gasteiger partial charge >= 0.3 is 0 Å². The average molecular weight is 363 g/mol. The Morgan fingerprint density at radius 3 is 2.63 bits per heavy atom. The van der Waals surface area contributed by atoms with Crippen molar-refractivity contribution in [3.8, 4) is 0 Å². The third-order valence-electron chi connectivity index (χ3n) is 4.42. The monoisotopic (exact) mass is 363 g/mol. The van der Waals surface area contributed by atoms with Crippen molar-refractivity contribution in [2.24, 2.45) is 0 Å². The molecular weight excluding hydrogens is 338 g/mol. The summed E-state index contributed by atoms with van der Waals surface area (Å²) in [6, 6.07) is 14.0. The molecule has 1 amide bonds. The van der Waals surface area contributed by atoms with Gasteiger partial charge in [-0.15, -0.1) is 0 Å². The van der Waals surface area contributed by atoms with Crippen LogP contribution in [0.5, 0.6) is 0 Å². The second-order valence-corrected chi connectivity index (χ2v) is 6.60. The van der Waals surface area contributed by atoms with Gasteiger partial charge in [0.1, 0.15) is 5.82 Å². The van der Waals surface area contributed by atoms with Crippen LogP contribution in [0.4, 0.5) is 5.82 Å². The number of nitrogens with zero attached hydrogens (tertiary/aromatic N) is 4. The van der Waals surface area contributed by atoms with Crippen LogP contribution in [0.2, 0.25) is 0 Å². The van der Waals surface area contributed by atoms with Gasteiger partial charge in [-0.25, -0.2) is 4.98 Å². The highest BCUT2D eigenvalue weighted by Crippen LogP contribution is 2.13. The molecule has 0 fully saturated rings. The van der Waals surface area contributed by atoms with E-state index >= 15 is 0 Å². The van der Waals surface area contributed by atoms with E-state index in [1.54, 1.807) is 12.4 Å². The van der Waals surface area contributed by atoms with Gasteiger partial charge in [0.2, 0.25) is 0 Å². The highest BCUT2D eigenvalue weighted by atomic mass is 16.1. The fraction of sp³-hybridized carbons (Fsp3) is 0.286. The van der Waals surface area contributed by atoms with Crippen molar-refractivity contribution < 1.29 is 4.79 Å². The molecule has 6 nitrogen and oxygen atoms in total. The summed E-state index contributed by atoms with van der Waals surface area (Å²) in [5, 5.41) is 7.43. The van der Waals surface area contributed by atoms with E-state index in [-0.39, 0.29) is 5.91 Å². The van der Waals surface area contributed by atoms with Gasteiger partial charge in [-0.2, -0.15) is 5.10 Å². The molecule has 0 unspecified atom stereocenters. The topological polar surface area (TPSA) is 63.1 Å². The first-order valence-corrected chi connectivity index (χ1v) is 9.07. The number of hydrogen-bond acceptors (Lipinski definition) is 4. The minimum atomic E-state index is -0.102. The van der Waals surface area contributed by atoms with Crippen molar-refractivity contribution in [2.75, 3.05) is 19.0 Å². The number of rotatable bonds is 7. The molecule has 140 valence electrons. The Hall–Kier alpha value is -3.15. The lowest BCUT2D eigenvalue weighted by Crippen LogP contribution is -2.24. The molecule has 3 rings (SSSR count). The summed E-state index contributed by atoms with van der Waals surface area (Å²) < 4.78 is 1.90. The Kier molecular flexibility index (Phi) is 5.86. The number of benzene rings is 1. The van der Waals surface area contributed by atoms with Gasteiger partial charge in [0, 0.05) is 26.8 Å². The molecule has 0 saturated heterocycles. The standard InChI is InChI=1S/C21H25N5O/c1-4-19-18(14-24-26(19)15-16-8-6-5-7-9-16)21(27)23-13-17-10-11-22-20(12-17)25(2)3/h5-12,14H,4,13,15H2,1-3H3,(H,23,27). The number of nitrogens with one attached hydrogen (secondary N) is 1. The van der Waals surface area contributed by atoms with Gasteiger partial charge in [-0.3, -0.25) is 9.48 Å². The zero-order valence-corrected chi connectivity index (χ0v) is 16.0. The van der Waals surface area contributed by atoms with E-state index < -0.39 is 0 Å². The Bertz CT molecular complexity index is 902. The third kappa shape index (κ3) is 4.53. The average Bonchev–Trinajstić information content (AvgIpc) is 3.09. The molecular formula is C21H25N5O. The van der Waals surface area contributed by atoms with Gasteiger partial charge in [0.05, 0.1) is 24.0 Å². The number of carbonyl (C=O) groups is 1. The zero-order chi connectivity index (χ0) is 19.2. The minimum Gasteiger partial charge on any atom is -0.363 e. The smallest absolute Gasteiger partial charge is 0.255 e. The summed E-state index contributed by atoms with van der Waals surface area (Å²) in [7, 11) is 3.89. The van der Waals surface area contributed by atoms with Crippen molar-refractivity contribution in [3.05, 3.63) is 77.2 Å². The van der Waals surface area contributed by atoms with Gasteiger partial charge in [-0.1, -0.05) is 37.3 Å². The van der Waals surface area contributed by atoms with E-state index in [0.29, 0.717) is 18.7 Å². The van der Waals surface area contributed by atoms with Crippen LogP contribution < -0.4 is 10.2 Å². The molecule has 3 aromatic rings. The molecule has 27 heavy (non-hydrogen) atoms. The van der Waals surface area contributed by atoms with E-state index in [4.69, 9.17) is 0 Å². The van der Waals surface area contributed by atoms with Crippen molar-refractivity contribution >= 4 is 11.7 Å². The molecule has 0 atom stereocenters. The van der Waals surface area contributed by atoms with Crippen molar-refractivity contribution in [3.63, 3.8) is 0 Å². The van der Waals surface area contributed by atoms with Crippen LogP contribution >= 0.6 is 0 Å². The maximum atomic E-state index is 12.7. The van der Waals surface area contributed by atoms with Crippen LogP contribution in [0.15, 0.2) is 54.9 Å². The lowest BCUT2D eigenvalue weighted by atomic mass is 10.1. The summed E-state index contributed by atoms with van der Waals surface area (Å²) in [4.78, 5) is 18.9. The van der Waals surface area contributed by atoms with Crippen LogP contribution in [0.25, 0.3) is 0 Å². The normalized spacial score (nSPS) is 10.6. The predicted molar refractivity (Wildman–Crippen MR) is 107 cm³/mol. The fourth-order valence-corrected chi connectivity index (χ4v) is 2.96. The number of hydrogen-bond donors (Lipinski definition) is 1. The SMILES string of the molecule is CCc1c(C(=O)NCc2ccnc(N(C)C)c2)cnn1Cc1ccccc1. The molecule has 0 aliphatic carbocycles. The number of carbonyl (C=O) groups excluding carboxylic acids is 1. The van der Waals surface area contributed by atoms with Gasteiger partial charge in [-0.05, 0) is 29.7 Å². The quantitative estimate of drug-likeness (QED) is 0.701. The summed E-state index contributed by atoms with van der Waals surface area (Å²) in [6.07, 6.45) is 4.16. The first-order valence-electron chi connectivity index (χ1n) is 9.07.